The summed E-state index contributed by atoms with van der Waals surface area (Å²) in [4.78, 5) is 13.7. The number of ether oxygens (including phenoxy) is 5. The number of azide groups is 1. The van der Waals surface area contributed by atoms with Crippen LogP contribution in [0.3, 0.4) is 0 Å². The van der Waals surface area contributed by atoms with Gasteiger partial charge in [0, 0.05) is 4.91 Å². The van der Waals surface area contributed by atoms with Crippen molar-refractivity contribution in [3.8, 4) is 0 Å². The molecule has 0 bridgehead atoms. The van der Waals surface area contributed by atoms with Gasteiger partial charge in [0.25, 0.3) is 0 Å². The third-order valence-corrected chi connectivity index (χ3v) is 2.83. The zero-order chi connectivity index (χ0) is 14.0. The third kappa shape index (κ3) is 2.90. The van der Waals surface area contributed by atoms with Crippen LogP contribution < -0.4 is 0 Å². The lowest BCUT2D eigenvalue weighted by Gasteiger charge is -2.22. The Bertz CT molecular complexity index is 408. The molecule has 0 saturated carbocycles. The van der Waals surface area contributed by atoms with E-state index >= 15 is 0 Å². The van der Waals surface area contributed by atoms with Crippen molar-refractivity contribution in [3.63, 3.8) is 0 Å². The van der Waals surface area contributed by atoms with E-state index in [-0.39, 0.29) is 6.61 Å². The van der Waals surface area contributed by atoms with Gasteiger partial charge in [0.05, 0.1) is 13.2 Å². The van der Waals surface area contributed by atoms with Crippen LogP contribution in [0.4, 0.5) is 4.79 Å². The summed E-state index contributed by atoms with van der Waals surface area (Å²) in [7, 11) is 1.20. The van der Waals surface area contributed by atoms with Crippen LogP contribution >= 0.6 is 0 Å². The van der Waals surface area contributed by atoms with Gasteiger partial charge in [0.15, 0.2) is 12.1 Å². The summed E-state index contributed by atoms with van der Waals surface area (Å²) in [5.41, 5.74) is 8.59. The van der Waals surface area contributed by atoms with E-state index in [0.717, 1.165) is 0 Å². The van der Waals surface area contributed by atoms with Crippen LogP contribution in [-0.4, -0.2) is 50.2 Å². The highest BCUT2D eigenvalue weighted by Gasteiger charge is 2.54. The molecule has 0 spiro atoms. The van der Waals surface area contributed by atoms with E-state index in [2.05, 4.69) is 14.8 Å². The Balaban J connectivity index is 2.02. The number of carbonyl (C=O) groups excluding carboxylic acids is 1. The predicted molar refractivity (Wildman–Crippen MR) is 60.0 cm³/mol. The molecule has 2 saturated heterocycles. The minimum absolute atomic E-state index is 0.101. The molecule has 2 heterocycles. The summed E-state index contributed by atoms with van der Waals surface area (Å²) in [6.45, 7) is 3.38. The fourth-order valence-electron chi connectivity index (χ4n) is 2.10. The molecule has 0 radical (unpaired) electrons. The van der Waals surface area contributed by atoms with Gasteiger partial charge in [0.2, 0.25) is 0 Å². The minimum atomic E-state index is -0.831. The zero-order valence-electron chi connectivity index (χ0n) is 10.8. The third-order valence-electron chi connectivity index (χ3n) is 2.83. The van der Waals surface area contributed by atoms with Crippen molar-refractivity contribution in [2.24, 2.45) is 5.11 Å². The van der Waals surface area contributed by atoms with Gasteiger partial charge in [-0.3, -0.25) is 0 Å². The normalized spacial score (nSPS) is 35.3. The van der Waals surface area contributed by atoms with Gasteiger partial charge >= 0.3 is 6.16 Å². The van der Waals surface area contributed by atoms with Gasteiger partial charge in [-0.05, 0) is 19.4 Å². The first kappa shape index (κ1) is 13.9. The first-order valence-corrected chi connectivity index (χ1v) is 5.73. The standard InChI is InChI=1S/C10H15N3O6/c1-10(2)18-7-6(12-13-11)5(17-8(7)19-10)4-16-9(14)15-3/h5-8H,4H2,1-3H3/t5-,6-,7-,8-/m1/s1. The molecule has 0 unspecified atom stereocenters. The quantitative estimate of drug-likeness (QED) is 0.332. The molecule has 106 valence electrons. The summed E-state index contributed by atoms with van der Waals surface area (Å²) < 4.78 is 25.8. The first-order valence-electron chi connectivity index (χ1n) is 5.73. The average Bonchev–Trinajstić information content (AvgIpc) is 2.80. The second-order valence-electron chi connectivity index (χ2n) is 4.60. The van der Waals surface area contributed by atoms with E-state index in [9.17, 15) is 4.79 Å². The molecule has 0 aromatic heterocycles. The van der Waals surface area contributed by atoms with Crippen LogP contribution in [0.25, 0.3) is 10.4 Å². The number of fused-ring (bicyclic) bond motifs is 1. The predicted octanol–water partition coefficient (Wildman–Crippen LogP) is 1.32. The van der Waals surface area contributed by atoms with Gasteiger partial charge in [-0.1, -0.05) is 5.11 Å². The topological polar surface area (TPSA) is 112 Å². The van der Waals surface area contributed by atoms with Gasteiger partial charge < -0.3 is 23.7 Å². The Kier molecular flexibility index (Phi) is 3.81. The molecule has 0 amide bonds. The molecule has 2 aliphatic rings. The molecule has 9 nitrogen and oxygen atoms in total. The van der Waals surface area contributed by atoms with Crippen molar-refractivity contribution in [1.29, 1.82) is 0 Å². The number of rotatable bonds is 3. The van der Waals surface area contributed by atoms with E-state index in [1.54, 1.807) is 13.8 Å². The van der Waals surface area contributed by atoms with Crippen molar-refractivity contribution in [2.45, 2.75) is 44.2 Å². The van der Waals surface area contributed by atoms with Crippen molar-refractivity contribution in [2.75, 3.05) is 13.7 Å². The Hall–Kier alpha value is -1.54. The zero-order valence-corrected chi connectivity index (χ0v) is 10.8. The molecule has 2 fully saturated rings. The van der Waals surface area contributed by atoms with Crippen LogP contribution in [0.15, 0.2) is 5.11 Å². The van der Waals surface area contributed by atoms with Gasteiger partial charge in [0.1, 0.15) is 18.8 Å². The summed E-state index contributed by atoms with van der Waals surface area (Å²) >= 11 is 0. The number of nitrogens with zero attached hydrogens (tertiary/aromatic N) is 3. The average molecular weight is 273 g/mol. The summed E-state index contributed by atoms with van der Waals surface area (Å²) in [5.74, 6) is -0.799. The number of carbonyl (C=O) groups is 1. The van der Waals surface area contributed by atoms with Crippen LogP contribution in [0, 0.1) is 0 Å². The van der Waals surface area contributed by atoms with Crippen LogP contribution in [0.1, 0.15) is 13.8 Å². The van der Waals surface area contributed by atoms with Crippen molar-refractivity contribution in [1.82, 2.24) is 0 Å². The van der Waals surface area contributed by atoms with E-state index in [1.807, 2.05) is 0 Å². The number of hydrogen-bond acceptors (Lipinski definition) is 7. The maximum Gasteiger partial charge on any atom is 0.508 e. The lowest BCUT2D eigenvalue weighted by atomic mass is 10.1. The summed E-state index contributed by atoms with van der Waals surface area (Å²) in [6.07, 6.45) is -2.61. The lowest BCUT2D eigenvalue weighted by molar-refractivity contribution is -0.209. The molecule has 0 N–H and O–H groups in total. The van der Waals surface area contributed by atoms with Crippen LogP contribution in [0.5, 0.6) is 0 Å². The second kappa shape index (κ2) is 5.22. The highest BCUT2D eigenvalue weighted by molar-refractivity contribution is 5.59. The molecule has 4 atom stereocenters. The van der Waals surface area contributed by atoms with Crippen molar-refractivity contribution >= 4 is 6.16 Å². The Morgan fingerprint density at radius 2 is 2.21 bits per heavy atom. The van der Waals surface area contributed by atoms with Crippen LogP contribution in [0.2, 0.25) is 0 Å². The van der Waals surface area contributed by atoms with Gasteiger partial charge in [-0.2, -0.15) is 0 Å². The second-order valence-corrected chi connectivity index (χ2v) is 4.60. The maximum atomic E-state index is 10.9. The monoisotopic (exact) mass is 273 g/mol. The molecule has 19 heavy (non-hydrogen) atoms. The molecule has 2 aliphatic heterocycles. The largest absolute Gasteiger partial charge is 0.508 e. The van der Waals surface area contributed by atoms with Crippen molar-refractivity contribution in [3.05, 3.63) is 10.4 Å². The minimum Gasteiger partial charge on any atom is -0.438 e. The molecular formula is C10H15N3O6. The van der Waals surface area contributed by atoms with Gasteiger partial charge in [-0.25, -0.2) is 4.79 Å². The van der Waals surface area contributed by atoms with E-state index in [1.165, 1.54) is 7.11 Å². The van der Waals surface area contributed by atoms with Gasteiger partial charge in [-0.15, -0.1) is 0 Å². The molecule has 0 aromatic carbocycles. The molecule has 9 heteroatoms. The molecule has 2 rings (SSSR count). The highest BCUT2D eigenvalue weighted by atomic mass is 16.8. The summed E-state index contributed by atoms with van der Waals surface area (Å²) in [6, 6.07) is -0.624. The fourth-order valence-corrected chi connectivity index (χ4v) is 2.10. The Labute approximate surface area is 109 Å². The number of hydrogen-bond donors (Lipinski definition) is 0. The van der Waals surface area contributed by atoms with E-state index < -0.39 is 36.5 Å². The smallest absolute Gasteiger partial charge is 0.438 e. The van der Waals surface area contributed by atoms with Crippen molar-refractivity contribution < 1.29 is 28.5 Å². The first-order chi connectivity index (χ1) is 8.96. The van der Waals surface area contributed by atoms with Crippen LogP contribution in [-0.2, 0) is 23.7 Å². The van der Waals surface area contributed by atoms with E-state index in [0.29, 0.717) is 0 Å². The number of methoxy groups -OCH3 is 1. The Morgan fingerprint density at radius 1 is 1.47 bits per heavy atom. The Morgan fingerprint density at radius 3 is 2.84 bits per heavy atom. The van der Waals surface area contributed by atoms with E-state index in [4.69, 9.17) is 24.5 Å². The maximum absolute atomic E-state index is 10.9. The molecule has 0 aromatic rings. The molecular weight excluding hydrogens is 258 g/mol. The summed E-state index contributed by atoms with van der Waals surface area (Å²) in [5, 5.41) is 3.64. The molecule has 0 aliphatic carbocycles. The highest BCUT2D eigenvalue weighted by Crippen LogP contribution is 2.38. The SMILES string of the molecule is COC(=O)OC[C@H]1O[C@@H]2OC(C)(C)O[C@@H]2[C@@H]1N=[N+]=[N-]. The fraction of sp³-hybridized carbons (Fsp3) is 0.900. The lowest BCUT2D eigenvalue weighted by Crippen LogP contribution is -2.35.